The third kappa shape index (κ3) is 2.13. The smallest absolute Gasteiger partial charge is 0.192 e. The van der Waals surface area contributed by atoms with Crippen molar-refractivity contribution in [3.63, 3.8) is 0 Å². The highest BCUT2D eigenvalue weighted by molar-refractivity contribution is 14.1. The van der Waals surface area contributed by atoms with Crippen LogP contribution in [0.5, 0.6) is 11.5 Å². The van der Waals surface area contributed by atoms with E-state index in [1.807, 2.05) is 0 Å². The molecule has 0 amide bonds. The number of rotatable bonds is 2. The predicted molar refractivity (Wildman–Crippen MR) is 52.7 cm³/mol. The lowest BCUT2D eigenvalue weighted by atomic mass is 10.3. The zero-order valence-electron chi connectivity index (χ0n) is 5.80. The van der Waals surface area contributed by atoms with Crippen molar-refractivity contribution in [1.82, 2.24) is 0 Å². The summed E-state index contributed by atoms with van der Waals surface area (Å²) in [5, 5.41) is 0.554. The molecule has 1 rings (SSSR count). The zero-order chi connectivity index (χ0) is 8.27. The number of hydrogen-bond donors (Lipinski definition) is 0. The molecule has 0 spiro atoms. The van der Waals surface area contributed by atoms with E-state index in [-0.39, 0.29) is 0 Å². The molecule has 60 valence electrons. The molecule has 0 bridgehead atoms. The molecule has 0 aliphatic rings. The summed E-state index contributed by atoms with van der Waals surface area (Å²) in [6, 6.07) is 5.25. The van der Waals surface area contributed by atoms with Gasteiger partial charge in [0.2, 0.25) is 0 Å². The largest absolute Gasteiger partial charge is 0.497 e. The minimum atomic E-state index is 0.554. The Hall–Kier alpha value is -0.160. The summed E-state index contributed by atoms with van der Waals surface area (Å²) in [6.45, 7) is 0. The highest BCUT2D eigenvalue weighted by Crippen LogP contribution is 2.29. The summed E-state index contributed by atoms with van der Waals surface area (Å²) in [4.78, 5) is 0. The summed E-state index contributed by atoms with van der Waals surface area (Å²) in [5.74, 6) is 1.38. The number of benzene rings is 1. The van der Waals surface area contributed by atoms with Crippen LogP contribution in [0, 0.1) is 0 Å². The van der Waals surface area contributed by atoms with Gasteiger partial charge in [-0.3, -0.25) is 0 Å². The fourth-order valence-corrected chi connectivity index (χ4v) is 1.39. The second-order valence-electron chi connectivity index (χ2n) is 1.87. The molecule has 0 saturated heterocycles. The molecular formula is C7H6ClIO2. The van der Waals surface area contributed by atoms with Crippen molar-refractivity contribution in [2.45, 2.75) is 0 Å². The van der Waals surface area contributed by atoms with Crippen LogP contribution in [-0.2, 0) is 0 Å². The van der Waals surface area contributed by atoms with E-state index in [1.165, 1.54) is 0 Å². The van der Waals surface area contributed by atoms with Crippen LogP contribution < -0.4 is 7.80 Å². The Morgan fingerprint density at radius 3 is 2.64 bits per heavy atom. The normalized spacial score (nSPS) is 9.36. The second-order valence-corrected chi connectivity index (χ2v) is 2.72. The van der Waals surface area contributed by atoms with Gasteiger partial charge in [-0.05, 0) is 12.1 Å². The van der Waals surface area contributed by atoms with E-state index in [9.17, 15) is 0 Å². The van der Waals surface area contributed by atoms with Crippen molar-refractivity contribution in [2.24, 2.45) is 0 Å². The third-order valence-electron chi connectivity index (χ3n) is 1.22. The average Bonchev–Trinajstić information content (AvgIpc) is 2.04. The van der Waals surface area contributed by atoms with Crippen molar-refractivity contribution in [3.05, 3.63) is 23.2 Å². The van der Waals surface area contributed by atoms with Crippen LogP contribution in [0.4, 0.5) is 0 Å². The lowest BCUT2D eigenvalue weighted by molar-refractivity contribution is 0.414. The standard InChI is InChI=1S/C7H6ClIO2/c1-10-5-2-3-7(11-9)6(8)4-5/h2-4H,1H3. The first-order valence-corrected chi connectivity index (χ1v) is 4.16. The summed E-state index contributed by atoms with van der Waals surface area (Å²) >= 11 is 7.58. The first-order chi connectivity index (χ1) is 5.27. The van der Waals surface area contributed by atoms with Gasteiger partial charge in [0.1, 0.15) is 5.75 Å². The number of methoxy groups -OCH3 is 1. The van der Waals surface area contributed by atoms with Crippen LogP contribution in [0.2, 0.25) is 5.02 Å². The molecule has 0 fully saturated rings. The van der Waals surface area contributed by atoms with Gasteiger partial charge in [0.25, 0.3) is 0 Å². The van der Waals surface area contributed by atoms with Gasteiger partial charge >= 0.3 is 0 Å². The van der Waals surface area contributed by atoms with Crippen LogP contribution in [0.1, 0.15) is 0 Å². The van der Waals surface area contributed by atoms with E-state index >= 15 is 0 Å². The van der Waals surface area contributed by atoms with E-state index < -0.39 is 0 Å². The van der Waals surface area contributed by atoms with E-state index in [4.69, 9.17) is 19.4 Å². The molecule has 0 unspecified atom stereocenters. The van der Waals surface area contributed by atoms with Gasteiger partial charge in [-0.1, -0.05) is 11.6 Å². The number of ether oxygens (including phenoxy) is 1. The van der Waals surface area contributed by atoms with E-state index in [2.05, 4.69) is 0 Å². The first kappa shape index (κ1) is 8.93. The summed E-state index contributed by atoms with van der Waals surface area (Å²) in [6.07, 6.45) is 0. The molecule has 1 aromatic carbocycles. The van der Waals surface area contributed by atoms with Gasteiger partial charge in [0.15, 0.2) is 28.8 Å². The van der Waals surface area contributed by atoms with Gasteiger partial charge in [-0.25, -0.2) is 0 Å². The molecule has 0 aromatic heterocycles. The van der Waals surface area contributed by atoms with Crippen LogP contribution >= 0.6 is 34.6 Å². The van der Waals surface area contributed by atoms with E-state index in [1.54, 1.807) is 48.3 Å². The Labute approximate surface area is 84.1 Å². The Morgan fingerprint density at radius 1 is 1.45 bits per heavy atom. The Balaban J connectivity index is 2.99. The van der Waals surface area contributed by atoms with Crippen LogP contribution in [0.15, 0.2) is 18.2 Å². The molecule has 0 aliphatic carbocycles. The van der Waals surface area contributed by atoms with Gasteiger partial charge in [0, 0.05) is 6.07 Å². The Morgan fingerprint density at radius 2 is 2.18 bits per heavy atom. The van der Waals surface area contributed by atoms with Crippen molar-refractivity contribution in [2.75, 3.05) is 7.11 Å². The van der Waals surface area contributed by atoms with Gasteiger partial charge in [-0.15, -0.1) is 0 Å². The molecule has 1 aromatic rings. The number of halogens is 2. The summed E-state index contributed by atoms with van der Waals surface area (Å²) < 4.78 is 9.88. The van der Waals surface area contributed by atoms with Crippen LogP contribution in [-0.4, -0.2) is 7.11 Å². The minimum absolute atomic E-state index is 0.554. The molecule has 0 radical (unpaired) electrons. The average molecular weight is 284 g/mol. The fraction of sp³-hybridized carbons (Fsp3) is 0.143. The molecule has 0 saturated carbocycles. The molecule has 11 heavy (non-hydrogen) atoms. The van der Waals surface area contributed by atoms with Gasteiger partial charge < -0.3 is 7.80 Å². The number of hydrogen-bond acceptors (Lipinski definition) is 2. The third-order valence-corrected chi connectivity index (χ3v) is 1.99. The highest BCUT2D eigenvalue weighted by Gasteiger charge is 2.01. The highest BCUT2D eigenvalue weighted by atomic mass is 127. The Kier molecular flexibility index (Phi) is 3.26. The second kappa shape index (κ2) is 4.01. The maximum Gasteiger partial charge on any atom is 0.192 e. The van der Waals surface area contributed by atoms with Gasteiger partial charge in [0.05, 0.1) is 12.1 Å². The monoisotopic (exact) mass is 284 g/mol. The van der Waals surface area contributed by atoms with Crippen molar-refractivity contribution in [1.29, 1.82) is 0 Å². The van der Waals surface area contributed by atoms with E-state index in [0.717, 1.165) is 5.75 Å². The molecule has 2 nitrogen and oxygen atoms in total. The molecule has 0 aliphatic heterocycles. The predicted octanol–water partition coefficient (Wildman–Crippen LogP) is 3.08. The SMILES string of the molecule is COc1ccc(OI)c(Cl)c1. The lowest BCUT2D eigenvalue weighted by Crippen LogP contribution is -1.82. The fourth-order valence-electron chi connectivity index (χ4n) is 0.671. The van der Waals surface area contributed by atoms with Crippen molar-refractivity contribution in [3.8, 4) is 11.5 Å². The van der Waals surface area contributed by atoms with Crippen LogP contribution in [0.3, 0.4) is 0 Å². The molecule has 0 atom stereocenters. The lowest BCUT2D eigenvalue weighted by Gasteiger charge is -2.02. The molecule has 0 heterocycles. The topological polar surface area (TPSA) is 18.5 Å². The maximum absolute atomic E-state index is 5.80. The summed E-state index contributed by atoms with van der Waals surface area (Å²) in [5.41, 5.74) is 0. The van der Waals surface area contributed by atoms with Crippen LogP contribution in [0.25, 0.3) is 0 Å². The zero-order valence-corrected chi connectivity index (χ0v) is 8.72. The molecule has 0 N–H and O–H groups in total. The molecule has 4 heteroatoms. The first-order valence-electron chi connectivity index (χ1n) is 2.90. The molecular weight excluding hydrogens is 278 g/mol. The van der Waals surface area contributed by atoms with E-state index in [0.29, 0.717) is 10.8 Å². The quantitative estimate of drug-likeness (QED) is 0.777. The summed E-state index contributed by atoms with van der Waals surface area (Å²) in [7, 11) is 1.59. The minimum Gasteiger partial charge on any atom is -0.497 e. The van der Waals surface area contributed by atoms with Crippen molar-refractivity contribution >= 4 is 34.6 Å². The Bertz CT molecular complexity index is 252. The van der Waals surface area contributed by atoms with Gasteiger partial charge in [-0.2, -0.15) is 0 Å². The van der Waals surface area contributed by atoms with Crippen molar-refractivity contribution < 1.29 is 7.80 Å². The maximum atomic E-state index is 5.80.